The van der Waals surface area contributed by atoms with Crippen LogP contribution in [-0.2, 0) is 4.74 Å². The fourth-order valence-corrected chi connectivity index (χ4v) is 3.64. The van der Waals surface area contributed by atoms with Crippen molar-refractivity contribution in [3.63, 3.8) is 0 Å². The van der Waals surface area contributed by atoms with Gasteiger partial charge in [-0.1, -0.05) is 47.5 Å². The van der Waals surface area contributed by atoms with E-state index in [9.17, 15) is 14.7 Å². The van der Waals surface area contributed by atoms with Crippen molar-refractivity contribution in [1.82, 2.24) is 4.57 Å². The number of benzene rings is 2. The van der Waals surface area contributed by atoms with E-state index in [1.54, 1.807) is 69.3 Å². The lowest BCUT2D eigenvalue weighted by Gasteiger charge is -2.21. The van der Waals surface area contributed by atoms with Crippen LogP contribution in [0.5, 0.6) is 5.88 Å². The summed E-state index contributed by atoms with van der Waals surface area (Å²) in [4.78, 5) is 30.1. The molecule has 3 aromatic rings. The molecule has 0 spiro atoms. The molecule has 8 heteroatoms. The SMILES string of the molecule is CC(C)(C)OC(=O)n1c(O)c2c(c1-c1ccc(Cl)cc1)C(=O)N=C2c1ccc(Cl)cc1. The number of carbonyl (C=O) groups is 2. The number of amides is 1. The molecule has 31 heavy (non-hydrogen) atoms. The Kier molecular flexibility index (Phi) is 5.15. The van der Waals surface area contributed by atoms with Gasteiger partial charge in [0.2, 0.25) is 5.88 Å². The Morgan fingerprint density at radius 1 is 0.935 bits per heavy atom. The molecule has 2 heterocycles. The Balaban J connectivity index is 1.97. The summed E-state index contributed by atoms with van der Waals surface area (Å²) in [6.45, 7) is 5.15. The van der Waals surface area contributed by atoms with Crippen LogP contribution in [0.15, 0.2) is 53.5 Å². The van der Waals surface area contributed by atoms with E-state index in [4.69, 9.17) is 27.9 Å². The standard InChI is InChI=1S/C23H18Cl2N2O4/c1-23(2,3)31-22(30)27-19(13-6-10-15(25)11-7-13)17-16(21(27)29)18(26-20(17)28)12-4-8-14(24)9-5-12/h4-11,29H,1-3H3. The molecule has 1 amide bonds. The number of hydrogen-bond donors (Lipinski definition) is 1. The number of halogens is 2. The van der Waals surface area contributed by atoms with Crippen molar-refractivity contribution in [2.45, 2.75) is 26.4 Å². The first-order valence-electron chi connectivity index (χ1n) is 9.43. The summed E-state index contributed by atoms with van der Waals surface area (Å²) >= 11 is 12.0. The topological polar surface area (TPSA) is 80.9 Å². The van der Waals surface area contributed by atoms with E-state index in [0.29, 0.717) is 21.2 Å². The Bertz CT molecular complexity index is 1230. The zero-order valence-electron chi connectivity index (χ0n) is 16.9. The normalized spacial score (nSPS) is 13.2. The molecule has 0 saturated heterocycles. The third kappa shape index (κ3) is 3.84. The lowest BCUT2D eigenvalue weighted by atomic mass is 10.0. The molecular formula is C23H18Cl2N2O4. The summed E-state index contributed by atoms with van der Waals surface area (Å²) < 4.78 is 6.49. The molecule has 2 aromatic carbocycles. The van der Waals surface area contributed by atoms with Gasteiger partial charge < -0.3 is 9.84 Å². The maximum Gasteiger partial charge on any atom is 0.421 e. The summed E-state index contributed by atoms with van der Waals surface area (Å²) in [6.07, 6.45) is -0.812. The fourth-order valence-electron chi connectivity index (χ4n) is 3.39. The van der Waals surface area contributed by atoms with Crippen molar-refractivity contribution in [3.05, 3.63) is 75.3 Å². The number of hydrogen-bond acceptors (Lipinski definition) is 4. The zero-order chi connectivity index (χ0) is 22.5. The molecular weight excluding hydrogens is 439 g/mol. The van der Waals surface area contributed by atoms with Crippen LogP contribution in [0.2, 0.25) is 10.0 Å². The van der Waals surface area contributed by atoms with Crippen LogP contribution in [-0.4, -0.2) is 33.0 Å². The molecule has 0 radical (unpaired) electrons. The van der Waals surface area contributed by atoms with Gasteiger partial charge in [-0.2, -0.15) is 0 Å². The average molecular weight is 457 g/mol. The van der Waals surface area contributed by atoms with Crippen molar-refractivity contribution in [2.24, 2.45) is 4.99 Å². The Labute approximate surface area is 188 Å². The largest absolute Gasteiger partial charge is 0.494 e. The minimum absolute atomic E-state index is 0.121. The van der Waals surface area contributed by atoms with Crippen molar-refractivity contribution in [3.8, 4) is 17.1 Å². The predicted molar refractivity (Wildman–Crippen MR) is 120 cm³/mol. The van der Waals surface area contributed by atoms with Crippen molar-refractivity contribution < 1.29 is 19.4 Å². The Morgan fingerprint density at radius 2 is 1.45 bits per heavy atom. The average Bonchev–Trinajstić information content (AvgIpc) is 3.18. The molecule has 0 fully saturated rings. The smallest absolute Gasteiger partial charge is 0.421 e. The number of fused-ring (bicyclic) bond motifs is 1. The number of rotatable bonds is 2. The number of aromatic nitrogens is 1. The molecule has 0 saturated carbocycles. The van der Waals surface area contributed by atoms with E-state index < -0.39 is 23.5 Å². The zero-order valence-corrected chi connectivity index (χ0v) is 18.5. The van der Waals surface area contributed by atoms with Crippen LogP contribution in [0.25, 0.3) is 11.3 Å². The number of nitrogens with zero attached hydrogens (tertiary/aromatic N) is 2. The third-order valence-electron chi connectivity index (χ3n) is 4.62. The summed E-state index contributed by atoms with van der Waals surface area (Å²) in [5, 5.41) is 12.1. The third-order valence-corrected chi connectivity index (χ3v) is 5.13. The first kappa shape index (κ1) is 21.2. The van der Waals surface area contributed by atoms with E-state index in [1.165, 1.54) is 0 Å². The summed E-state index contributed by atoms with van der Waals surface area (Å²) in [5.74, 6) is -0.990. The second-order valence-corrected chi connectivity index (χ2v) is 8.89. The molecule has 4 rings (SSSR count). The fraction of sp³-hybridized carbons (Fsp3) is 0.174. The van der Waals surface area contributed by atoms with Crippen LogP contribution in [0.4, 0.5) is 4.79 Å². The first-order chi connectivity index (χ1) is 14.6. The summed E-state index contributed by atoms with van der Waals surface area (Å²) in [6, 6.07) is 13.3. The van der Waals surface area contributed by atoms with E-state index in [0.717, 1.165) is 4.57 Å². The maximum absolute atomic E-state index is 13.0. The van der Waals surface area contributed by atoms with E-state index >= 15 is 0 Å². The van der Waals surface area contributed by atoms with E-state index in [-0.39, 0.29) is 22.5 Å². The van der Waals surface area contributed by atoms with Crippen LogP contribution in [0.1, 0.15) is 42.3 Å². The van der Waals surface area contributed by atoms with Crippen LogP contribution in [0, 0.1) is 0 Å². The van der Waals surface area contributed by atoms with Gasteiger partial charge in [-0.05, 0) is 50.6 Å². The van der Waals surface area contributed by atoms with Crippen LogP contribution in [0.3, 0.4) is 0 Å². The van der Waals surface area contributed by atoms with Gasteiger partial charge in [0.1, 0.15) is 5.60 Å². The molecule has 158 valence electrons. The highest BCUT2D eigenvalue weighted by atomic mass is 35.5. The number of aromatic hydroxyl groups is 1. The molecule has 0 bridgehead atoms. The molecule has 1 aliphatic heterocycles. The summed E-state index contributed by atoms with van der Waals surface area (Å²) in [5.41, 5.74) is 1.01. The van der Waals surface area contributed by atoms with E-state index in [2.05, 4.69) is 4.99 Å². The van der Waals surface area contributed by atoms with Crippen molar-refractivity contribution in [1.29, 1.82) is 0 Å². The molecule has 0 aliphatic carbocycles. The first-order valence-corrected chi connectivity index (χ1v) is 10.2. The Morgan fingerprint density at radius 3 is 1.97 bits per heavy atom. The predicted octanol–water partition coefficient (Wildman–Crippen LogP) is 5.94. The second-order valence-electron chi connectivity index (χ2n) is 8.02. The number of aliphatic imine (C=N–C) groups is 1. The highest BCUT2D eigenvalue weighted by molar-refractivity contribution is 6.33. The summed E-state index contributed by atoms with van der Waals surface area (Å²) in [7, 11) is 0. The van der Waals surface area contributed by atoms with Gasteiger partial charge in [0, 0.05) is 15.6 Å². The van der Waals surface area contributed by atoms with E-state index in [1.807, 2.05) is 0 Å². The minimum Gasteiger partial charge on any atom is -0.494 e. The monoisotopic (exact) mass is 456 g/mol. The molecule has 0 atom stereocenters. The quantitative estimate of drug-likeness (QED) is 0.516. The molecule has 6 nitrogen and oxygen atoms in total. The van der Waals surface area contributed by atoms with Gasteiger partial charge in [-0.3, -0.25) is 4.79 Å². The van der Waals surface area contributed by atoms with Gasteiger partial charge in [0.05, 0.1) is 22.5 Å². The van der Waals surface area contributed by atoms with Crippen molar-refractivity contribution in [2.75, 3.05) is 0 Å². The van der Waals surface area contributed by atoms with Gasteiger partial charge >= 0.3 is 6.09 Å². The van der Waals surface area contributed by atoms with Crippen LogP contribution >= 0.6 is 23.2 Å². The molecule has 1 aromatic heterocycles. The van der Waals surface area contributed by atoms with Gasteiger partial charge in [-0.15, -0.1) is 0 Å². The molecule has 0 unspecified atom stereocenters. The van der Waals surface area contributed by atoms with Gasteiger partial charge in [0.25, 0.3) is 5.91 Å². The number of carbonyl (C=O) groups excluding carboxylic acids is 2. The lowest BCUT2D eigenvalue weighted by Crippen LogP contribution is -2.27. The van der Waals surface area contributed by atoms with Gasteiger partial charge in [0.15, 0.2) is 0 Å². The number of ether oxygens (including phenoxy) is 1. The van der Waals surface area contributed by atoms with Crippen molar-refractivity contribution >= 4 is 40.9 Å². The highest BCUT2D eigenvalue weighted by Gasteiger charge is 2.39. The van der Waals surface area contributed by atoms with Crippen LogP contribution < -0.4 is 0 Å². The maximum atomic E-state index is 13.0. The molecule has 1 N–H and O–H groups in total. The molecule has 1 aliphatic rings. The minimum atomic E-state index is -0.813. The van der Waals surface area contributed by atoms with Gasteiger partial charge in [-0.25, -0.2) is 14.4 Å². The second kappa shape index (κ2) is 7.55. The lowest BCUT2D eigenvalue weighted by molar-refractivity contribution is 0.0528. The highest BCUT2D eigenvalue weighted by Crippen LogP contribution is 2.41. The Hall–Kier alpha value is -3.09.